The van der Waals surface area contributed by atoms with Gasteiger partial charge in [-0.3, -0.25) is 4.98 Å². The van der Waals surface area contributed by atoms with Crippen LogP contribution < -0.4 is 5.32 Å². The van der Waals surface area contributed by atoms with Crippen LogP contribution in [0, 0.1) is 0 Å². The van der Waals surface area contributed by atoms with Crippen molar-refractivity contribution in [3.05, 3.63) is 48.4 Å². The highest BCUT2D eigenvalue weighted by Gasteiger charge is 1.93. The van der Waals surface area contributed by atoms with Crippen molar-refractivity contribution in [2.45, 2.75) is 6.92 Å². The second-order valence-corrected chi connectivity index (χ2v) is 2.60. The van der Waals surface area contributed by atoms with E-state index in [4.69, 9.17) is 0 Å². The molecular weight excluding hydrogens is 160 g/mol. The second kappa shape index (κ2) is 5.14. The summed E-state index contributed by atoms with van der Waals surface area (Å²) in [6, 6.07) is 3.99. The molecule has 1 aromatic rings. The van der Waals surface area contributed by atoms with Crippen molar-refractivity contribution in [2.75, 3.05) is 7.05 Å². The molecule has 1 rings (SSSR count). The Morgan fingerprint density at radius 1 is 1.38 bits per heavy atom. The molecule has 68 valence electrons. The minimum atomic E-state index is 1.18. The van der Waals surface area contributed by atoms with Gasteiger partial charge in [0.05, 0.1) is 0 Å². The molecule has 0 aliphatic rings. The van der Waals surface area contributed by atoms with E-state index in [1.807, 2.05) is 38.4 Å². The molecule has 13 heavy (non-hydrogen) atoms. The van der Waals surface area contributed by atoms with Gasteiger partial charge in [-0.15, -0.1) is 0 Å². The summed E-state index contributed by atoms with van der Waals surface area (Å²) in [7, 11) is 1.89. The topological polar surface area (TPSA) is 24.9 Å². The molecule has 2 heteroatoms. The fourth-order valence-corrected chi connectivity index (χ4v) is 1.08. The van der Waals surface area contributed by atoms with Crippen LogP contribution in [0.15, 0.2) is 42.9 Å². The molecule has 1 heterocycles. The van der Waals surface area contributed by atoms with E-state index < -0.39 is 0 Å². The Morgan fingerprint density at radius 3 is 2.62 bits per heavy atom. The number of aromatic nitrogens is 1. The summed E-state index contributed by atoms with van der Waals surface area (Å²) in [5, 5.41) is 2.97. The molecule has 0 aromatic carbocycles. The Balaban J connectivity index is 2.87. The lowest BCUT2D eigenvalue weighted by molar-refractivity contribution is 1.10. The average Bonchev–Trinajstić information content (AvgIpc) is 2.21. The van der Waals surface area contributed by atoms with E-state index in [2.05, 4.69) is 16.4 Å². The number of allylic oxidation sites excluding steroid dienone is 3. The normalized spacial score (nSPS) is 12.0. The zero-order valence-electron chi connectivity index (χ0n) is 7.99. The Bertz CT molecular complexity index is 299. The van der Waals surface area contributed by atoms with Crippen molar-refractivity contribution < 1.29 is 0 Å². The Labute approximate surface area is 79.0 Å². The van der Waals surface area contributed by atoms with Gasteiger partial charge in [0.1, 0.15) is 0 Å². The standard InChI is InChI=1S/C11H14N2/c1-3-10(4-7-12-2)11-5-8-13-9-6-11/h3-9,12H,1-2H3/b7-4-,10-3+. The monoisotopic (exact) mass is 174 g/mol. The van der Waals surface area contributed by atoms with Crippen LogP contribution in [-0.4, -0.2) is 12.0 Å². The van der Waals surface area contributed by atoms with Gasteiger partial charge < -0.3 is 5.32 Å². The molecule has 0 bridgehead atoms. The van der Waals surface area contributed by atoms with E-state index in [1.165, 1.54) is 11.1 Å². The number of hydrogen-bond donors (Lipinski definition) is 1. The molecular formula is C11H14N2. The molecule has 0 saturated carbocycles. The van der Waals surface area contributed by atoms with E-state index >= 15 is 0 Å². The number of hydrogen-bond acceptors (Lipinski definition) is 2. The molecule has 1 aromatic heterocycles. The van der Waals surface area contributed by atoms with E-state index in [1.54, 1.807) is 12.4 Å². The van der Waals surface area contributed by atoms with Gasteiger partial charge in [0.15, 0.2) is 0 Å². The Kier molecular flexibility index (Phi) is 3.76. The maximum atomic E-state index is 3.98. The largest absolute Gasteiger partial charge is 0.394 e. The van der Waals surface area contributed by atoms with Crippen LogP contribution in [0.1, 0.15) is 12.5 Å². The molecule has 1 N–H and O–H groups in total. The SMILES string of the molecule is C/C=C(\C=C/NC)c1ccncc1. The number of nitrogens with one attached hydrogen (secondary N) is 1. The number of rotatable bonds is 3. The first-order valence-corrected chi connectivity index (χ1v) is 4.29. The van der Waals surface area contributed by atoms with Gasteiger partial charge in [-0.25, -0.2) is 0 Å². The molecule has 2 nitrogen and oxygen atoms in total. The third kappa shape index (κ3) is 2.75. The van der Waals surface area contributed by atoms with Crippen molar-refractivity contribution in [3.8, 4) is 0 Å². The third-order valence-corrected chi connectivity index (χ3v) is 1.75. The van der Waals surface area contributed by atoms with Crippen LogP contribution in [0.5, 0.6) is 0 Å². The van der Waals surface area contributed by atoms with Crippen LogP contribution in [0.25, 0.3) is 5.57 Å². The first kappa shape index (κ1) is 9.52. The minimum absolute atomic E-state index is 1.18. The average molecular weight is 174 g/mol. The van der Waals surface area contributed by atoms with E-state index in [-0.39, 0.29) is 0 Å². The van der Waals surface area contributed by atoms with Crippen molar-refractivity contribution in [3.63, 3.8) is 0 Å². The maximum Gasteiger partial charge on any atom is 0.0273 e. The van der Waals surface area contributed by atoms with E-state index in [0.29, 0.717) is 0 Å². The minimum Gasteiger partial charge on any atom is -0.394 e. The summed E-state index contributed by atoms with van der Waals surface area (Å²) in [5.74, 6) is 0. The Morgan fingerprint density at radius 2 is 2.08 bits per heavy atom. The summed E-state index contributed by atoms with van der Waals surface area (Å²) in [5.41, 5.74) is 2.38. The van der Waals surface area contributed by atoms with Gasteiger partial charge in [-0.2, -0.15) is 0 Å². The lowest BCUT2D eigenvalue weighted by atomic mass is 10.1. The van der Waals surface area contributed by atoms with Gasteiger partial charge in [-0.1, -0.05) is 6.08 Å². The molecule has 0 aliphatic heterocycles. The maximum absolute atomic E-state index is 3.98. The first-order chi connectivity index (χ1) is 6.38. The van der Waals surface area contributed by atoms with Gasteiger partial charge in [-0.05, 0) is 42.5 Å². The van der Waals surface area contributed by atoms with Gasteiger partial charge in [0.2, 0.25) is 0 Å². The van der Waals surface area contributed by atoms with E-state index in [0.717, 1.165) is 0 Å². The fourth-order valence-electron chi connectivity index (χ4n) is 1.08. The van der Waals surface area contributed by atoms with Crippen LogP contribution in [0.4, 0.5) is 0 Å². The van der Waals surface area contributed by atoms with Gasteiger partial charge in [0, 0.05) is 19.4 Å². The predicted molar refractivity (Wildman–Crippen MR) is 56.1 cm³/mol. The molecule has 0 saturated heterocycles. The van der Waals surface area contributed by atoms with E-state index in [9.17, 15) is 0 Å². The molecule has 0 radical (unpaired) electrons. The number of pyridine rings is 1. The van der Waals surface area contributed by atoms with Crippen LogP contribution in [0.2, 0.25) is 0 Å². The van der Waals surface area contributed by atoms with Crippen molar-refractivity contribution in [2.24, 2.45) is 0 Å². The van der Waals surface area contributed by atoms with Crippen molar-refractivity contribution in [1.29, 1.82) is 0 Å². The molecule has 0 unspecified atom stereocenters. The highest BCUT2D eigenvalue weighted by molar-refractivity contribution is 5.73. The van der Waals surface area contributed by atoms with Crippen LogP contribution in [0.3, 0.4) is 0 Å². The zero-order valence-corrected chi connectivity index (χ0v) is 7.99. The summed E-state index contributed by atoms with van der Waals surface area (Å²) >= 11 is 0. The molecule has 0 amide bonds. The van der Waals surface area contributed by atoms with Crippen LogP contribution >= 0.6 is 0 Å². The fraction of sp³-hybridized carbons (Fsp3) is 0.182. The summed E-state index contributed by atoms with van der Waals surface area (Å²) in [6.07, 6.45) is 9.62. The number of nitrogens with zero attached hydrogens (tertiary/aromatic N) is 1. The van der Waals surface area contributed by atoms with Gasteiger partial charge in [0.25, 0.3) is 0 Å². The van der Waals surface area contributed by atoms with Crippen molar-refractivity contribution in [1.82, 2.24) is 10.3 Å². The van der Waals surface area contributed by atoms with Crippen LogP contribution in [-0.2, 0) is 0 Å². The highest BCUT2D eigenvalue weighted by Crippen LogP contribution is 2.13. The highest BCUT2D eigenvalue weighted by atomic mass is 14.8. The smallest absolute Gasteiger partial charge is 0.0273 e. The molecule has 0 spiro atoms. The summed E-state index contributed by atoms with van der Waals surface area (Å²) < 4.78 is 0. The summed E-state index contributed by atoms with van der Waals surface area (Å²) in [6.45, 7) is 2.02. The van der Waals surface area contributed by atoms with Crippen molar-refractivity contribution >= 4 is 5.57 Å². The zero-order chi connectivity index (χ0) is 9.52. The first-order valence-electron chi connectivity index (χ1n) is 4.29. The predicted octanol–water partition coefficient (Wildman–Crippen LogP) is 2.22. The molecule has 0 aliphatic carbocycles. The lowest BCUT2D eigenvalue weighted by Crippen LogP contribution is -1.91. The second-order valence-electron chi connectivity index (χ2n) is 2.60. The third-order valence-electron chi connectivity index (χ3n) is 1.75. The lowest BCUT2D eigenvalue weighted by Gasteiger charge is -2.00. The summed E-state index contributed by atoms with van der Waals surface area (Å²) in [4.78, 5) is 3.98. The Hall–Kier alpha value is -1.57. The van der Waals surface area contributed by atoms with Gasteiger partial charge >= 0.3 is 0 Å². The quantitative estimate of drug-likeness (QED) is 0.711. The molecule has 0 fully saturated rings. The molecule has 0 atom stereocenters.